The highest BCUT2D eigenvalue weighted by Gasteiger charge is 2.16. The summed E-state index contributed by atoms with van der Waals surface area (Å²) in [7, 11) is 1.73. The summed E-state index contributed by atoms with van der Waals surface area (Å²) in [6, 6.07) is 7.07. The molecule has 19 heavy (non-hydrogen) atoms. The van der Waals surface area contributed by atoms with E-state index in [-0.39, 0.29) is 11.7 Å². The minimum absolute atomic E-state index is 0.0309. The fraction of sp³-hybridized carbons (Fsp3) is 0.214. The van der Waals surface area contributed by atoms with Gasteiger partial charge in [-0.05, 0) is 57.6 Å². The molecule has 0 atom stereocenters. The summed E-state index contributed by atoms with van der Waals surface area (Å²) in [4.78, 5) is 13.8. The van der Waals surface area contributed by atoms with Crippen LogP contribution < -0.4 is 0 Å². The first-order valence-corrected chi connectivity index (χ1v) is 7.42. The van der Waals surface area contributed by atoms with Gasteiger partial charge in [-0.2, -0.15) is 0 Å². The average molecular weight is 340 g/mol. The number of carbonyl (C=O) groups is 1. The number of hydrogen-bond donors (Lipinski definition) is 1. The number of aryl methyl sites for hydroxylation is 1. The van der Waals surface area contributed by atoms with E-state index in [0.717, 1.165) is 14.9 Å². The highest BCUT2D eigenvalue weighted by Crippen LogP contribution is 2.23. The smallest absolute Gasteiger partial charge is 0.257 e. The zero-order valence-electron chi connectivity index (χ0n) is 10.7. The van der Waals surface area contributed by atoms with E-state index < -0.39 is 0 Å². The van der Waals surface area contributed by atoms with E-state index in [4.69, 9.17) is 0 Å². The first-order chi connectivity index (χ1) is 8.97. The molecule has 0 saturated carbocycles. The summed E-state index contributed by atoms with van der Waals surface area (Å²) in [5, 5.41) is 11.8. The van der Waals surface area contributed by atoms with E-state index in [1.807, 2.05) is 24.4 Å². The lowest BCUT2D eigenvalue weighted by Gasteiger charge is -2.17. The van der Waals surface area contributed by atoms with Crippen molar-refractivity contribution in [3.8, 4) is 5.75 Å². The lowest BCUT2D eigenvalue weighted by atomic mass is 10.1. The van der Waals surface area contributed by atoms with Crippen LogP contribution in [0.15, 0.2) is 33.4 Å². The van der Waals surface area contributed by atoms with Crippen molar-refractivity contribution >= 4 is 33.2 Å². The molecule has 5 heteroatoms. The number of rotatable bonds is 3. The molecule has 3 nitrogen and oxygen atoms in total. The molecule has 0 saturated heterocycles. The molecule has 0 radical (unpaired) electrons. The number of amides is 1. The Kier molecular flexibility index (Phi) is 4.27. The number of aromatic hydroxyl groups is 1. The molecule has 1 heterocycles. The lowest BCUT2D eigenvalue weighted by Crippen LogP contribution is -2.26. The van der Waals surface area contributed by atoms with Gasteiger partial charge in [0.1, 0.15) is 5.75 Å². The molecular formula is C14H14BrNO2S. The van der Waals surface area contributed by atoms with Gasteiger partial charge in [0.25, 0.3) is 5.91 Å². The van der Waals surface area contributed by atoms with Crippen molar-refractivity contribution < 1.29 is 9.90 Å². The Morgan fingerprint density at radius 2 is 2.16 bits per heavy atom. The largest absolute Gasteiger partial charge is 0.507 e. The van der Waals surface area contributed by atoms with E-state index in [0.29, 0.717) is 12.1 Å². The predicted octanol–water partition coefficient (Wildman–Crippen LogP) is 3.80. The Morgan fingerprint density at radius 1 is 1.42 bits per heavy atom. The van der Waals surface area contributed by atoms with Gasteiger partial charge >= 0.3 is 0 Å². The number of halogens is 1. The lowest BCUT2D eigenvalue weighted by molar-refractivity contribution is 0.0782. The van der Waals surface area contributed by atoms with Gasteiger partial charge < -0.3 is 10.0 Å². The van der Waals surface area contributed by atoms with Crippen LogP contribution in [0.3, 0.4) is 0 Å². The Bertz CT molecular complexity index is 609. The normalized spacial score (nSPS) is 10.5. The van der Waals surface area contributed by atoms with Crippen LogP contribution in [0.1, 0.15) is 21.5 Å². The van der Waals surface area contributed by atoms with Gasteiger partial charge in [0.2, 0.25) is 0 Å². The fourth-order valence-corrected chi connectivity index (χ4v) is 3.00. The van der Waals surface area contributed by atoms with Crippen molar-refractivity contribution in [1.29, 1.82) is 0 Å². The van der Waals surface area contributed by atoms with Crippen LogP contribution in [0.25, 0.3) is 0 Å². The maximum Gasteiger partial charge on any atom is 0.257 e. The molecule has 0 spiro atoms. The van der Waals surface area contributed by atoms with Crippen molar-refractivity contribution in [1.82, 2.24) is 4.90 Å². The molecule has 0 aliphatic heterocycles. The number of benzene rings is 1. The molecule has 0 aliphatic carbocycles. The number of hydrogen-bond acceptors (Lipinski definition) is 3. The molecule has 2 rings (SSSR count). The molecule has 1 amide bonds. The summed E-state index contributed by atoms with van der Waals surface area (Å²) in [6.45, 7) is 2.40. The highest BCUT2D eigenvalue weighted by molar-refractivity contribution is 9.11. The van der Waals surface area contributed by atoms with Gasteiger partial charge in [0.15, 0.2) is 0 Å². The zero-order chi connectivity index (χ0) is 14.0. The maximum atomic E-state index is 12.2. The van der Waals surface area contributed by atoms with Gasteiger partial charge in [-0.1, -0.05) is 6.07 Å². The van der Waals surface area contributed by atoms with Crippen molar-refractivity contribution in [2.24, 2.45) is 0 Å². The molecule has 0 unspecified atom stereocenters. The molecule has 100 valence electrons. The number of thiophene rings is 1. The van der Waals surface area contributed by atoms with Crippen LogP contribution in [0.2, 0.25) is 0 Å². The molecular weight excluding hydrogens is 326 g/mol. The quantitative estimate of drug-likeness (QED) is 0.923. The van der Waals surface area contributed by atoms with Crippen molar-refractivity contribution in [2.75, 3.05) is 7.05 Å². The second kappa shape index (κ2) is 5.75. The minimum Gasteiger partial charge on any atom is -0.507 e. The van der Waals surface area contributed by atoms with Gasteiger partial charge in [0.05, 0.1) is 9.35 Å². The third-order valence-corrected chi connectivity index (χ3v) is 4.33. The van der Waals surface area contributed by atoms with Crippen LogP contribution in [0, 0.1) is 6.92 Å². The van der Waals surface area contributed by atoms with Gasteiger partial charge in [-0.15, -0.1) is 11.3 Å². The van der Waals surface area contributed by atoms with Crippen LogP contribution in [-0.2, 0) is 6.54 Å². The molecule has 2 aromatic rings. The molecule has 1 N–H and O–H groups in total. The topological polar surface area (TPSA) is 40.5 Å². The van der Waals surface area contributed by atoms with Gasteiger partial charge in [-0.3, -0.25) is 4.79 Å². The monoisotopic (exact) mass is 339 g/mol. The standard InChI is InChI=1S/C14H14BrNO2S/c1-9-3-4-11(12(17)5-9)14(18)16(2)7-10-6-13(15)19-8-10/h3-6,8,17H,7H2,1-2H3. The van der Waals surface area contributed by atoms with E-state index in [9.17, 15) is 9.90 Å². The maximum absolute atomic E-state index is 12.2. The second-order valence-corrected chi connectivity index (χ2v) is 6.73. The van der Waals surface area contributed by atoms with Crippen molar-refractivity contribution in [2.45, 2.75) is 13.5 Å². The molecule has 0 fully saturated rings. The van der Waals surface area contributed by atoms with E-state index in [2.05, 4.69) is 15.9 Å². The van der Waals surface area contributed by atoms with Crippen molar-refractivity contribution in [3.05, 3.63) is 50.1 Å². The number of nitrogens with zero attached hydrogens (tertiary/aromatic N) is 1. The van der Waals surface area contributed by atoms with Crippen LogP contribution in [0.4, 0.5) is 0 Å². The number of phenols is 1. The first kappa shape index (κ1) is 14.1. The Morgan fingerprint density at radius 3 is 2.74 bits per heavy atom. The third-order valence-electron chi connectivity index (χ3n) is 2.77. The Hall–Kier alpha value is -1.33. The Labute approximate surface area is 124 Å². The van der Waals surface area contributed by atoms with Gasteiger partial charge in [0, 0.05) is 13.6 Å². The minimum atomic E-state index is -0.181. The van der Waals surface area contributed by atoms with Crippen molar-refractivity contribution in [3.63, 3.8) is 0 Å². The van der Waals surface area contributed by atoms with E-state index in [1.54, 1.807) is 35.4 Å². The third kappa shape index (κ3) is 3.36. The average Bonchev–Trinajstić information content (AvgIpc) is 2.74. The summed E-state index contributed by atoms with van der Waals surface area (Å²) in [5.41, 5.74) is 2.33. The SMILES string of the molecule is Cc1ccc(C(=O)N(C)Cc2csc(Br)c2)c(O)c1. The highest BCUT2D eigenvalue weighted by atomic mass is 79.9. The van der Waals surface area contributed by atoms with E-state index in [1.165, 1.54) is 0 Å². The van der Waals surface area contributed by atoms with Crippen LogP contribution in [0.5, 0.6) is 5.75 Å². The summed E-state index contributed by atoms with van der Waals surface area (Å²) >= 11 is 4.99. The number of carbonyl (C=O) groups excluding carboxylic acids is 1. The predicted molar refractivity (Wildman–Crippen MR) is 80.7 cm³/mol. The molecule has 0 aliphatic rings. The summed E-state index contributed by atoms with van der Waals surface area (Å²) < 4.78 is 1.04. The number of phenolic OH excluding ortho intramolecular Hbond substituents is 1. The first-order valence-electron chi connectivity index (χ1n) is 5.75. The summed E-state index contributed by atoms with van der Waals surface area (Å²) in [6.07, 6.45) is 0. The summed E-state index contributed by atoms with van der Waals surface area (Å²) in [5.74, 6) is -0.150. The van der Waals surface area contributed by atoms with Crippen LogP contribution in [-0.4, -0.2) is 23.0 Å². The Balaban J connectivity index is 2.14. The zero-order valence-corrected chi connectivity index (χ0v) is 13.1. The molecule has 0 bridgehead atoms. The molecule has 1 aromatic carbocycles. The van der Waals surface area contributed by atoms with Gasteiger partial charge in [-0.25, -0.2) is 0 Å². The molecule has 1 aromatic heterocycles. The van der Waals surface area contributed by atoms with Crippen LogP contribution >= 0.6 is 27.3 Å². The van der Waals surface area contributed by atoms with E-state index >= 15 is 0 Å². The fourth-order valence-electron chi connectivity index (χ4n) is 1.80. The second-order valence-electron chi connectivity index (χ2n) is 4.44.